The van der Waals surface area contributed by atoms with Crippen LogP contribution in [0.1, 0.15) is 5.56 Å². The van der Waals surface area contributed by atoms with E-state index in [9.17, 15) is 19.5 Å². The van der Waals surface area contributed by atoms with Crippen molar-refractivity contribution < 1.29 is 24.2 Å². The van der Waals surface area contributed by atoms with Gasteiger partial charge in [0.1, 0.15) is 17.1 Å². The van der Waals surface area contributed by atoms with Crippen LogP contribution in [0.5, 0.6) is 11.5 Å². The Hall–Kier alpha value is -3.32. The highest BCUT2D eigenvalue weighted by Gasteiger charge is 2.36. The van der Waals surface area contributed by atoms with Crippen molar-refractivity contribution in [1.82, 2.24) is 5.32 Å². The van der Waals surface area contributed by atoms with Gasteiger partial charge in [0.25, 0.3) is 11.8 Å². The van der Waals surface area contributed by atoms with Gasteiger partial charge in [-0.1, -0.05) is 11.6 Å². The number of urea groups is 1. The molecule has 0 aliphatic carbocycles. The number of nitrogens with zero attached hydrogens (tertiary/aromatic N) is 1. The summed E-state index contributed by atoms with van der Waals surface area (Å²) in [6, 6.07) is 9.31. The number of benzene rings is 2. The first-order chi connectivity index (χ1) is 12.4. The van der Waals surface area contributed by atoms with E-state index in [1.54, 1.807) is 12.1 Å². The fourth-order valence-electron chi connectivity index (χ4n) is 2.47. The Labute approximate surface area is 153 Å². The highest BCUT2D eigenvalue weighted by molar-refractivity contribution is 6.39. The molecule has 0 radical (unpaired) electrons. The van der Waals surface area contributed by atoms with Crippen LogP contribution in [0.15, 0.2) is 48.0 Å². The smallest absolute Gasteiger partial charge is 0.335 e. The van der Waals surface area contributed by atoms with Crippen LogP contribution in [0.4, 0.5) is 10.5 Å². The molecule has 2 aromatic carbocycles. The number of hydrogen-bond acceptors (Lipinski definition) is 5. The molecule has 2 N–H and O–H groups in total. The molecule has 1 aliphatic rings. The lowest BCUT2D eigenvalue weighted by Crippen LogP contribution is -2.54. The lowest BCUT2D eigenvalue weighted by atomic mass is 10.1. The number of barbiturate groups is 1. The van der Waals surface area contributed by atoms with Gasteiger partial charge in [0.15, 0.2) is 0 Å². The summed E-state index contributed by atoms with van der Waals surface area (Å²) in [5.41, 5.74) is 0.374. The molecule has 1 fully saturated rings. The molecule has 0 saturated carbocycles. The van der Waals surface area contributed by atoms with E-state index in [1.807, 2.05) is 0 Å². The Bertz CT molecular complexity index is 937. The Morgan fingerprint density at radius 3 is 2.46 bits per heavy atom. The number of nitrogens with one attached hydrogen (secondary N) is 1. The van der Waals surface area contributed by atoms with Crippen LogP contribution < -0.4 is 15.0 Å². The number of phenolic OH excluding ortho intramolecular Hbond substituents is 1. The molecule has 4 amide bonds. The molecule has 26 heavy (non-hydrogen) atoms. The minimum Gasteiger partial charge on any atom is -0.508 e. The number of hydrogen-bond donors (Lipinski definition) is 2. The second-order valence-electron chi connectivity index (χ2n) is 5.36. The van der Waals surface area contributed by atoms with E-state index >= 15 is 0 Å². The summed E-state index contributed by atoms with van der Waals surface area (Å²) in [7, 11) is 1.44. The number of imide groups is 2. The molecule has 0 aromatic heterocycles. The molecule has 132 valence electrons. The molecule has 3 rings (SSSR count). The standard InChI is InChI=1S/C18H13ClN2O5/c1-26-15-7-2-11(19)8-10(15)9-14-16(23)20-18(25)21(17(14)24)12-3-5-13(22)6-4-12/h2-9,22H,1H3,(H,20,23,25)/b14-9+. The number of ether oxygens (including phenoxy) is 1. The van der Waals surface area contributed by atoms with Gasteiger partial charge in [-0.05, 0) is 48.5 Å². The highest BCUT2D eigenvalue weighted by atomic mass is 35.5. The molecule has 0 atom stereocenters. The third-order valence-electron chi connectivity index (χ3n) is 3.70. The number of rotatable bonds is 3. The third-order valence-corrected chi connectivity index (χ3v) is 3.94. The maximum atomic E-state index is 12.8. The molecule has 0 bridgehead atoms. The van der Waals surface area contributed by atoms with Gasteiger partial charge in [-0.3, -0.25) is 14.9 Å². The van der Waals surface area contributed by atoms with Crippen molar-refractivity contribution in [2.24, 2.45) is 0 Å². The Kier molecular flexibility index (Phi) is 4.64. The SMILES string of the molecule is COc1ccc(Cl)cc1/C=C1\C(=O)NC(=O)N(c2ccc(O)cc2)C1=O. The lowest BCUT2D eigenvalue weighted by Gasteiger charge is -2.26. The molecule has 2 aromatic rings. The van der Waals surface area contributed by atoms with Crippen LogP contribution in [0.25, 0.3) is 6.08 Å². The number of halogens is 1. The van der Waals surface area contributed by atoms with E-state index in [0.717, 1.165) is 4.90 Å². The summed E-state index contributed by atoms with van der Waals surface area (Å²) < 4.78 is 5.20. The van der Waals surface area contributed by atoms with Gasteiger partial charge in [-0.2, -0.15) is 0 Å². The number of carbonyl (C=O) groups excluding carboxylic acids is 3. The van der Waals surface area contributed by atoms with Crippen molar-refractivity contribution in [3.05, 3.63) is 58.6 Å². The molecule has 0 unspecified atom stereocenters. The van der Waals surface area contributed by atoms with Crippen molar-refractivity contribution in [2.75, 3.05) is 12.0 Å². The molecule has 1 heterocycles. The third kappa shape index (κ3) is 3.25. The summed E-state index contributed by atoms with van der Waals surface area (Å²) in [5.74, 6) is -1.23. The molecule has 8 heteroatoms. The Morgan fingerprint density at radius 2 is 1.81 bits per heavy atom. The van der Waals surface area contributed by atoms with Crippen LogP contribution in [-0.2, 0) is 9.59 Å². The van der Waals surface area contributed by atoms with E-state index in [0.29, 0.717) is 16.3 Å². The maximum Gasteiger partial charge on any atom is 0.335 e. The maximum absolute atomic E-state index is 12.8. The van der Waals surface area contributed by atoms with Crippen molar-refractivity contribution in [3.8, 4) is 11.5 Å². The average Bonchev–Trinajstić information content (AvgIpc) is 2.60. The molecule has 0 spiro atoms. The molecular formula is C18H13ClN2O5. The first-order valence-electron chi connectivity index (χ1n) is 7.44. The van der Waals surface area contributed by atoms with E-state index in [4.69, 9.17) is 16.3 Å². The monoisotopic (exact) mass is 372 g/mol. The molecule has 7 nitrogen and oxygen atoms in total. The number of anilines is 1. The van der Waals surface area contributed by atoms with Crippen LogP contribution in [0, 0.1) is 0 Å². The number of phenols is 1. The summed E-state index contributed by atoms with van der Waals surface area (Å²) in [6.45, 7) is 0. The van der Waals surface area contributed by atoms with Gasteiger partial charge in [-0.15, -0.1) is 0 Å². The lowest BCUT2D eigenvalue weighted by molar-refractivity contribution is -0.122. The van der Waals surface area contributed by atoms with E-state index in [-0.39, 0.29) is 17.0 Å². The van der Waals surface area contributed by atoms with Gasteiger partial charge >= 0.3 is 6.03 Å². The summed E-state index contributed by atoms with van der Waals surface area (Å²) >= 11 is 5.97. The highest BCUT2D eigenvalue weighted by Crippen LogP contribution is 2.28. The average molecular weight is 373 g/mol. The Morgan fingerprint density at radius 1 is 1.12 bits per heavy atom. The predicted molar refractivity (Wildman–Crippen MR) is 95.1 cm³/mol. The van der Waals surface area contributed by atoms with Crippen LogP contribution in [0.2, 0.25) is 5.02 Å². The van der Waals surface area contributed by atoms with Crippen LogP contribution in [0.3, 0.4) is 0 Å². The van der Waals surface area contributed by atoms with Crippen molar-refractivity contribution in [2.45, 2.75) is 0 Å². The van der Waals surface area contributed by atoms with Crippen molar-refractivity contribution >= 4 is 41.2 Å². The second-order valence-corrected chi connectivity index (χ2v) is 5.80. The summed E-state index contributed by atoms with van der Waals surface area (Å²) in [5, 5.41) is 11.9. The van der Waals surface area contributed by atoms with Crippen molar-refractivity contribution in [3.63, 3.8) is 0 Å². The van der Waals surface area contributed by atoms with Crippen LogP contribution in [-0.4, -0.2) is 30.1 Å². The van der Waals surface area contributed by atoms with Gasteiger partial charge in [-0.25, -0.2) is 9.69 Å². The quantitative estimate of drug-likeness (QED) is 0.638. The second kappa shape index (κ2) is 6.89. The van der Waals surface area contributed by atoms with Gasteiger partial charge in [0.05, 0.1) is 12.8 Å². The number of methoxy groups -OCH3 is 1. The summed E-state index contributed by atoms with van der Waals surface area (Å²) in [6.07, 6.45) is 1.31. The minimum atomic E-state index is -0.874. The van der Waals surface area contributed by atoms with E-state index in [2.05, 4.69) is 5.32 Å². The largest absolute Gasteiger partial charge is 0.508 e. The Balaban J connectivity index is 2.06. The van der Waals surface area contributed by atoms with Crippen LogP contribution >= 0.6 is 11.6 Å². The fourth-order valence-corrected chi connectivity index (χ4v) is 2.65. The normalized spacial score (nSPS) is 16.0. The van der Waals surface area contributed by atoms with Gasteiger partial charge < -0.3 is 9.84 Å². The predicted octanol–water partition coefficient (Wildman–Crippen LogP) is 2.72. The molecule has 1 aliphatic heterocycles. The molecular weight excluding hydrogens is 360 g/mol. The zero-order chi connectivity index (χ0) is 18.8. The van der Waals surface area contributed by atoms with Gasteiger partial charge in [0, 0.05) is 10.6 Å². The number of carbonyl (C=O) groups is 3. The number of aromatic hydroxyl groups is 1. The fraction of sp³-hybridized carbons (Fsp3) is 0.0556. The number of amides is 4. The topological polar surface area (TPSA) is 95.9 Å². The first-order valence-corrected chi connectivity index (χ1v) is 7.82. The minimum absolute atomic E-state index is 0.0193. The zero-order valence-electron chi connectivity index (χ0n) is 13.5. The van der Waals surface area contributed by atoms with Gasteiger partial charge in [0.2, 0.25) is 0 Å². The first kappa shape index (κ1) is 17.5. The van der Waals surface area contributed by atoms with Crippen molar-refractivity contribution in [1.29, 1.82) is 0 Å². The van der Waals surface area contributed by atoms with E-state index in [1.165, 1.54) is 43.5 Å². The summed E-state index contributed by atoms with van der Waals surface area (Å²) in [4.78, 5) is 37.9. The molecule has 1 saturated heterocycles. The van der Waals surface area contributed by atoms with E-state index < -0.39 is 17.8 Å². The zero-order valence-corrected chi connectivity index (χ0v) is 14.3.